The van der Waals surface area contributed by atoms with E-state index in [9.17, 15) is 43.2 Å². The Morgan fingerprint density at radius 2 is 1.27 bits per heavy atom. The lowest BCUT2D eigenvalue weighted by atomic mass is 10.0. The molecule has 1 aromatic heterocycles. The molecule has 1 aliphatic rings. The lowest BCUT2D eigenvalue weighted by Crippen LogP contribution is -2.60. The van der Waals surface area contributed by atoms with E-state index in [1.807, 2.05) is 24.3 Å². The highest BCUT2D eigenvalue weighted by Gasteiger charge is 2.35. The van der Waals surface area contributed by atoms with Crippen LogP contribution in [0, 0.1) is 10.8 Å². The van der Waals surface area contributed by atoms with E-state index in [1.165, 1.54) is 6.92 Å². The third kappa shape index (κ3) is 20.6. The summed E-state index contributed by atoms with van der Waals surface area (Å²) in [7, 11) is 0. The van der Waals surface area contributed by atoms with Crippen LogP contribution in [0.15, 0.2) is 60.8 Å². The molecule has 21 N–H and O–H groups in total. The first kappa shape index (κ1) is 59.3. The van der Waals surface area contributed by atoms with E-state index in [1.54, 1.807) is 36.5 Å². The first-order valence-electron chi connectivity index (χ1n) is 24.9. The largest absolute Gasteiger partial charge is 0.370 e. The van der Waals surface area contributed by atoms with Crippen molar-refractivity contribution in [1.82, 2.24) is 58.2 Å². The van der Waals surface area contributed by atoms with Crippen LogP contribution in [-0.2, 0) is 56.0 Å². The third-order valence-electron chi connectivity index (χ3n) is 12.2. The summed E-state index contributed by atoms with van der Waals surface area (Å²) < 4.78 is 0. The van der Waals surface area contributed by atoms with Crippen LogP contribution in [0.2, 0.25) is 0 Å². The van der Waals surface area contributed by atoms with Crippen LogP contribution in [0.1, 0.15) is 82.3 Å². The Morgan fingerprint density at radius 3 is 1.91 bits per heavy atom. The molecular formula is C49H73N17O9. The monoisotopic (exact) mass is 1040 g/mol. The molecular weight excluding hydrogens is 971 g/mol. The van der Waals surface area contributed by atoms with Gasteiger partial charge in [-0.15, -0.1) is 0 Å². The number of aromatic nitrogens is 1. The number of carbonyl (C=O) groups is 9. The second kappa shape index (κ2) is 30.7. The zero-order valence-corrected chi connectivity index (χ0v) is 42.1. The standard InChI is InChI=1S/C49H73N17O9/c1-28(67)60-34(17-9-23-57-48(52)53)42(70)64-37-19-20-40(68)56-22-8-16-33(41(51)69)61-47(75)39(26-30-27-59-32-14-6-5-13-31(30)32)66-44(72)36(18-10-24-58-49(54)55)63-46(74)38(25-29-11-3-2-4-12-29)65-43(71)35(15-7-21-50)62-45(37)73/h2-6,11-14,27,33-39,59H,7-10,15-26,50H2,1H3,(H2,51,69)(H,56,68)(H,60,67)(H,61,75)(H,62,73)(H,63,74)(H,64,70)(H,65,71)(H,66,72)(H4,52,53,57)(H4,54,55,58)/t33?,34-,35-,36-,37?,38?,39-/m0/s1. The van der Waals surface area contributed by atoms with Crippen LogP contribution >= 0.6 is 0 Å². The van der Waals surface area contributed by atoms with Gasteiger partial charge in [-0.3, -0.25) is 54.0 Å². The maximum atomic E-state index is 14.6. The van der Waals surface area contributed by atoms with Crippen LogP contribution in [0.3, 0.4) is 0 Å². The van der Waals surface area contributed by atoms with Gasteiger partial charge in [-0.2, -0.15) is 0 Å². The molecule has 3 unspecified atom stereocenters. The smallest absolute Gasteiger partial charge is 0.243 e. The molecule has 2 heterocycles. The van der Waals surface area contributed by atoms with Gasteiger partial charge in [0.15, 0.2) is 11.9 Å². The minimum absolute atomic E-state index is 0.0124. The second-order valence-electron chi connectivity index (χ2n) is 18.2. The molecule has 0 spiro atoms. The fourth-order valence-corrected chi connectivity index (χ4v) is 8.31. The maximum absolute atomic E-state index is 14.6. The van der Waals surface area contributed by atoms with E-state index >= 15 is 0 Å². The molecule has 9 amide bonds. The van der Waals surface area contributed by atoms with Gasteiger partial charge in [-0.25, -0.2) is 0 Å². The lowest BCUT2D eigenvalue weighted by molar-refractivity contribution is -0.136. The number of guanidine groups is 2. The maximum Gasteiger partial charge on any atom is 0.243 e. The zero-order chi connectivity index (χ0) is 54.9. The van der Waals surface area contributed by atoms with Crippen LogP contribution in [0.25, 0.3) is 10.9 Å². The first-order valence-corrected chi connectivity index (χ1v) is 24.9. The summed E-state index contributed by atoms with van der Waals surface area (Å²) in [6.45, 7) is 1.60. The quantitative estimate of drug-likeness (QED) is 0.0320. The van der Waals surface area contributed by atoms with E-state index in [0.717, 1.165) is 10.9 Å². The number of aromatic amines is 1. The summed E-state index contributed by atoms with van der Waals surface area (Å²) in [5, 5.41) is 42.5. The number of nitrogens with two attached hydrogens (primary N) is 4. The molecule has 1 fully saturated rings. The summed E-state index contributed by atoms with van der Waals surface area (Å²) in [5.41, 5.74) is 24.5. The molecule has 2 aromatic carbocycles. The Hall–Kier alpha value is -8.29. The van der Waals surface area contributed by atoms with Crippen molar-refractivity contribution in [2.75, 3.05) is 26.2 Å². The van der Waals surface area contributed by atoms with Gasteiger partial charge in [0.2, 0.25) is 53.2 Å². The number of carbonyl (C=O) groups excluding carboxylic acids is 9. The molecule has 0 bridgehead atoms. The molecule has 7 atom stereocenters. The highest BCUT2D eigenvalue weighted by molar-refractivity contribution is 5.98. The molecule has 1 saturated heterocycles. The van der Waals surface area contributed by atoms with E-state index in [2.05, 4.69) is 58.2 Å². The number of hydrogen-bond acceptors (Lipinski definition) is 12. The van der Waals surface area contributed by atoms with E-state index in [0.29, 0.717) is 11.1 Å². The minimum atomic E-state index is -1.46. The normalized spacial score (nSPS) is 21.1. The third-order valence-corrected chi connectivity index (χ3v) is 12.2. The summed E-state index contributed by atoms with van der Waals surface area (Å²) in [4.78, 5) is 127. The number of para-hydroxylation sites is 1. The number of nitrogens with one attached hydrogen (secondary N) is 13. The molecule has 26 heteroatoms. The summed E-state index contributed by atoms with van der Waals surface area (Å²) >= 11 is 0. The predicted octanol–water partition coefficient (Wildman–Crippen LogP) is -3.19. The van der Waals surface area contributed by atoms with Gasteiger partial charge >= 0.3 is 0 Å². The van der Waals surface area contributed by atoms with E-state index in [-0.39, 0.29) is 115 Å². The van der Waals surface area contributed by atoms with Gasteiger partial charge < -0.3 is 81.1 Å². The number of rotatable bonds is 19. The van der Waals surface area contributed by atoms with Crippen molar-refractivity contribution in [1.29, 1.82) is 10.8 Å². The molecule has 408 valence electrons. The highest BCUT2D eigenvalue weighted by Crippen LogP contribution is 2.20. The average molecular weight is 1040 g/mol. The van der Waals surface area contributed by atoms with Crippen molar-refractivity contribution < 1.29 is 43.2 Å². The SMILES string of the molecule is CC(=O)N[C@@H](CCCNC(=N)N)C(=O)NC1CCC(=O)NCCCC(C(N)=O)NC(=O)[C@H](Cc2c[nH]c3ccccc23)NC(=O)[C@H](CCCNC(=N)N)NC(=O)C(Cc2ccccc2)NC(=O)[C@H](CCCN)NC1=O. The van der Waals surface area contributed by atoms with Gasteiger partial charge in [0.05, 0.1) is 0 Å². The van der Waals surface area contributed by atoms with Crippen LogP contribution in [-0.4, -0.2) is 139 Å². The van der Waals surface area contributed by atoms with Gasteiger partial charge in [-0.1, -0.05) is 48.5 Å². The van der Waals surface area contributed by atoms with Crippen molar-refractivity contribution in [2.45, 2.75) is 126 Å². The van der Waals surface area contributed by atoms with Crippen molar-refractivity contribution in [3.63, 3.8) is 0 Å². The average Bonchev–Trinajstić information content (AvgIpc) is 3.78. The molecule has 0 saturated carbocycles. The molecule has 3 aromatic rings. The van der Waals surface area contributed by atoms with E-state index in [4.69, 9.17) is 33.8 Å². The first-order chi connectivity index (χ1) is 35.8. The van der Waals surface area contributed by atoms with Gasteiger partial charge in [0.25, 0.3) is 0 Å². The lowest BCUT2D eigenvalue weighted by Gasteiger charge is -2.28. The van der Waals surface area contributed by atoms with Crippen molar-refractivity contribution in [3.8, 4) is 0 Å². The van der Waals surface area contributed by atoms with E-state index < -0.39 is 95.5 Å². The molecule has 1 aliphatic heterocycles. The van der Waals surface area contributed by atoms with Crippen LogP contribution in [0.4, 0.5) is 0 Å². The number of benzene rings is 2. The topological polar surface area (TPSA) is 441 Å². The van der Waals surface area contributed by atoms with Gasteiger partial charge in [0, 0.05) is 62.9 Å². The minimum Gasteiger partial charge on any atom is -0.370 e. The Morgan fingerprint density at radius 1 is 0.693 bits per heavy atom. The van der Waals surface area contributed by atoms with Crippen LogP contribution in [0.5, 0.6) is 0 Å². The predicted molar refractivity (Wildman–Crippen MR) is 279 cm³/mol. The summed E-state index contributed by atoms with van der Waals surface area (Å²) in [5.74, 6) is -7.53. The Labute approximate surface area is 434 Å². The fraction of sp³-hybridized carbons (Fsp3) is 0.490. The zero-order valence-electron chi connectivity index (χ0n) is 42.1. The Kier molecular flexibility index (Phi) is 24.2. The molecule has 75 heavy (non-hydrogen) atoms. The number of hydrogen-bond donors (Lipinski definition) is 17. The Bertz CT molecular complexity index is 2470. The number of H-pyrrole nitrogens is 1. The number of primary amides is 1. The Balaban J connectivity index is 1.76. The van der Waals surface area contributed by atoms with Gasteiger partial charge in [0.1, 0.15) is 42.3 Å². The summed E-state index contributed by atoms with van der Waals surface area (Å²) in [6.07, 6.45) is 1.60. The van der Waals surface area contributed by atoms with Gasteiger partial charge in [-0.05, 0) is 81.5 Å². The number of amides is 9. The second-order valence-corrected chi connectivity index (χ2v) is 18.2. The highest BCUT2D eigenvalue weighted by atomic mass is 16.2. The van der Waals surface area contributed by atoms with Crippen molar-refractivity contribution in [3.05, 3.63) is 71.9 Å². The summed E-state index contributed by atoms with van der Waals surface area (Å²) in [6, 6.07) is 6.62. The molecule has 26 nitrogen and oxygen atoms in total. The number of fused-ring (bicyclic) bond motifs is 1. The molecule has 0 radical (unpaired) electrons. The van der Waals surface area contributed by atoms with Crippen molar-refractivity contribution >= 4 is 76.0 Å². The molecule has 4 rings (SSSR count). The van der Waals surface area contributed by atoms with Crippen LogP contribution < -0.4 is 76.1 Å². The van der Waals surface area contributed by atoms with Crippen molar-refractivity contribution in [2.24, 2.45) is 22.9 Å². The molecule has 0 aliphatic carbocycles. The fourth-order valence-electron chi connectivity index (χ4n) is 8.31.